The quantitative estimate of drug-likeness (QED) is 0.847. The molecular weight excluding hydrogens is 306 g/mol. The molecule has 3 rings (SSSR count). The lowest BCUT2D eigenvalue weighted by Crippen LogP contribution is -2.43. The molecule has 1 atom stereocenters. The van der Waals surface area contributed by atoms with Gasteiger partial charge in [0.05, 0.1) is 6.54 Å². The maximum Gasteiger partial charge on any atom is 0.260 e. The van der Waals surface area contributed by atoms with Crippen LogP contribution in [0.15, 0.2) is 48.5 Å². The summed E-state index contributed by atoms with van der Waals surface area (Å²) in [5.41, 5.74) is 1.15. The summed E-state index contributed by atoms with van der Waals surface area (Å²) in [6, 6.07) is 15.2. The van der Waals surface area contributed by atoms with Gasteiger partial charge in [0.2, 0.25) is 0 Å². The van der Waals surface area contributed by atoms with Crippen LogP contribution in [-0.2, 0) is 4.79 Å². The minimum Gasteiger partial charge on any atom is -0.486 e. The number of amides is 1. The minimum atomic E-state index is -0.187. The average Bonchev–Trinajstić information content (AvgIpc) is 2.61. The van der Waals surface area contributed by atoms with Gasteiger partial charge in [-0.05, 0) is 31.2 Å². The first kappa shape index (κ1) is 16.2. The summed E-state index contributed by atoms with van der Waals surface area (Å²) in [5, 5.41) is 0. The summed E-state index contributed by atoms with van der Waals surface area (Å²) in [6.07, 6.45) is -0.187. The van der Waals surface area contributed by atoms with Crippen molar-refractivity contribution in [1.29, 1.82) is 0 Å². The van der Waals surface area contributed by atoms with Gasteiger partial charge >= 0.3 is 0 Å². The molecule has 0 unspecified atom stereocenters. The van der Waals surface area contributed by atoms with Crippen molar-refractivity contribution in [2.45, 2.75) is 13.0 Å². The Kier molecular flexibility index (Phi) is 4.89. The van der Waals surface area contributed by atoms with Crippen molar-refractivity contribution < 1.29 is 19.0 Å². The Balaban J connectivity index is 1.49. The maximum atomic E-state index is 12.2. The number of para-hydroxylation sites is 2. The van der Waals surface area contributed by atoms with Crippen LogP contribution in [0.25, 0.3) is 0 Å². The molecule has 0 fully saturated rings. The topological polar surface area (TPSA) is 48.0 Å². The summed E-state index contributed by atoms with van der Waals surface area (Å²) in [6.45, 7) is 2.88. The number of ether oxygens (including phenoxy) is 3. The van der Waals surface area contributed by atoms with Crippen LogP contribution >= 0.6 is 0 Å². The highest BCUT2D eigenvalue weighted by Crippen LogP contribution is 2.30. The lowest BCUT2D eigenvalue weighted by atomic mass is 10.2. The standard InChI is InChI=1S/C19H21NO4/c1-14-7-9-15(10-8-14)22-13-19(21)20(2)11-16-12-23-17-5-3-4-6-18(17)24-16/h3-10,16H,11-13H2,1-2H3/t16-/m1/s1. The maximum absolute atomic E-state index is 12.2. The van der Waals surface area contributed by atoms with Crippen LogP contribution in [0, 0.1) is 6.92 Å². The van der Waals surface area contributed by atoms with E-state index in [-0.39, 0.29) is 18.6 Å². The fourth-order valence-corrected chi connectivity index (χ4v) is 2.45. The van der Waals surface area contributed by atoms with Gasteiger partial charge in [0.15, 0.2) is 24.2 Å². The van der Waals surface area contributed by atoms with Crippen molar-refractivity contribution in [3.63, 3.8) is 0 Å². The van der Waals surface area contributed by atoms with Gasteiger partial charge in [-0.15, -0.1) is 0 Å². The largest absolute Gasteiger partial charge is 0.486 e. The Hall–Kier alpha value is -2.69. The molecule has 0 N–H and O–H groups in total. The van der Waals surface area contributed by atoms with Crippen molar-refractivity contribution in [1.82, 2.24) is 4.90 Å². The van der Waals surface area contributed by atoms with Gasteiger partial charge in [0.1, 0.15) is 12.4 Å². The first-order valence-corrected chi connectivity index (χ1v) is 7.94. The number of carbonyl (C=O) groups excluding carboxylic acids is 1. The lowest BCUT2D eigenvalue weighted by Gasteiger charge is -2.29. The number of hydrogen-bond donors (Lipinski definition) is 0. The number of carbonyl (C=O) groups is 1. The Labute approximate surface area is 141 Å². The van der Waals surface area contributed by atoms with E-state index >= 15 is 0 Å². The molecule has 0 aliphatic carbocycles. The fourth-order valence-electron chi connectivity index (χ4n) is 2.45. The highest BCUT2D eigenvalue weighted by atomic mass is 16.6. The monoisotopic (exact) mass is 327 g/mol. The van der Waals surface area contributed by atoms with Crippen LogP contribution in [0.3, 0.4) is 0 Å². The third-order valence-electron chi connectivity index (χ3n) is 3.85. The molecule has 24 heavy (non-hydrogen) atoms. The molecule has 2 aromatic carbocycles. The second-order valence-electron chi connectivity index (χ2n) is 5.87. The average molecular weight is 327 g/mol. The van der Waals surface area contributed by atoms with E-state index < -0.39 is 0 Å². The number of hydrogen-bond acceptors (Lipinski definition) is 4. The van der Waals surface area contributed by atoms with Crippen molar-refractivity contribution in [2.75, 3.05) is 26.8 Å². The van der Waals surface area contributed by atoms with E-state index in [1.165, 1.54) is 0 Å². The SMILES string of the molecule is Cc1ccc(OCC(=O)N(C)C[C@@H]2COc3ccccc3O2)cc1. The van der Waals surface area contributed by atoms with Gasteiger partial charge in [0, 0.05) is 7.05 Å². The first-order valence-electron chi connectivity index (χ1n) is 7.94. The van der Waals surface area contributed by atoms with E-state index in [9.17, 15) is 4.79 Å². The highest BCUT2D eigenvalue weighted by molar-refractivity contribution is 5.77. The summed E-state index contributed by atoms with van der Waals surface area (Å²) in [7, 11) is 1.74. The summed E-state index contributed by atoms with van der Waals surface area (Å²) >= 11 is 0. The van der Waals surface area contributed by atoms with Crippen LogP contribution < -0.4 is 14.2 Å². The van der Waals surface area contributed by atoms with Crippen molar-refractivity contribution in [3.05, 3.63) is 54.1 Å². The van der Waals surface area contributed by atoms with E-state index in [0.29, 0.717) is 24.7 Å². The van der Waals surface area contributed by atoms with Crippen molar-refractivity contribution >= 4 is 5.91 Å². The number of fused-ring (bicyclic) bond motifs is 1. The number of benzene rings is 2. The molecule has 1 aliphatic heterocycles. The normalized spacial score (nSPS) is 15.7. The fraction of sp³-hybridized carbons (Fsp3) is 0.316. The molecule has 5 heteroatoms. The van der Waals surface area contributed by atoms with E-state index in [1.807, 2.05) is 55.5 Å². The Morgan fingerprint density at radius 1 is 1.17 bits per heavy atom. The zero-order valence-electron chi connectivity index (χ0n) is 13.9. The Morgan fingerprint density at radius 2 is 1.88 bits per heavy atom. The molecule has 1 amide bonds. The molecule has 0 bridgehead atoms. The molecule has 2 aromatic rings. The van der Waals surface area contributed by atoms with E-state index in [0.717, 1.165) is 11.3 Å². The molecule has 1 aliphatic rings. The van der Waals surface area contributed by atoms with E-state index in [4.69, 9.17) is 14.2 Å². The second-order valence-corrected chi connectivity index (χ2v) is 5.87. The molecule has 1 heterocycles. The number of aryl methyl sites for hydroxylation is 1. The third kappa shape index (κ3) is 3.98. The molecular formula is C19H21NO4. The van der Waals surface area contributed by atoms with Crippen LogP contribution in [0.2, 0.25) is 0 Å². The summed E-state index contributed by atoms with van der Waals surface area (Å²) in [4.78, 5) is 13.8. The van der Waals surface area contributed by atoms with Gasteiger partial charge in [-0.2, -0.15) is 0 Å². The molecule has 5 nitrogen and oxygen atoms in total. The molecule has 0 saturated carbocycles. The number of nitrogens with zero attached hydrogens (tertiary/aromatic N) is 1. The molecule has 0 saturated heterocycles. The Bertz CT molecular complexity index is 699. The Morgan fingerprint density at radius 3 is 2.62 bits per heavy atom. The molecule has 126 valence electrons. The minimum absolute atomic E-state index is 0.00370. The number of rotatable bonds is 5. The highest BCUT2D eigenvalue weighted by Gasteiger charge is 2.23. The predicted molar refractivity (Wildman–Crippen MR) is 90.7 cm³/mol. The van der Waals surface area contributed by atoms with E-state index in [1.54, 1.807) is 11.9 Å². The van der Waals surface area contributed by atoms with Crippen LogP contribution in [0.4, 0.5) is 0 Å². The van der Waals surface area contributed by atoms with E-state index in [2.05, 4.69) is 0 Å². The molecule has 0 radical (unpaired) electrons. The van der Waals surface area contributed by atoms with Gasteiger partial charge in [-0.25, -0.2) is 0 Å². The van der Waals surface area contributed by atoms with Crippen LogP contribution in [-0.4, -0.2) is 43.7 Å². The number of likely N-dealkylation sites (N-methyl/N-ethyl adjacent to an activating group) is 1. The zero-order chi connectivity index (χ0) is 16.9. The lowest BCUT2D eigenvalue weighted by molar-refractivity contribution is -0.133. The van der Waals surface area contributed by atoms with Gasteiger partial charge in [-0.1, -0.05) is 29.8 Å². The van der Waals surface area contributed by atoms with Gasteiger partial charge < -0.3 is 19.1 Å². The van der Waals surface area contributed by atoms with Gasteiger partial charge in [0.25, 0.3) is 5.91 Å². The summed E-state index contributed by atoms with van der Waals surface area (Å²) in [5.74, 6) is 2.04. The molecule has 0 aromatic heterocycles. The van der Waals surface area contributed by atoms with Crippen molar-refractivity contribution in [3.8, 4) is 17.2 Å². The van der Waals surface area contributed by atoms with Crippen LogP contribution in [0.5, 0.6) is 17.2 Å². The second kappa shape index (κ2) is 7.25. The summed E-state index contributed by atoms with van der Waals surface area (Å²) < 4.78 is 17.1. The first-order chi connectivity index (χ1) is 11.6. The smallest absolute Gasteiger partial charge is 0.260 e. The third-order valence-corrected chi connectivity index (χ3v) is 3.85. The van der Waals surface area contributed by atoms with Crippen molar-refractivity contribution in [2.24, 2.45) is 0 Å². The van der Waals surface area contributed by atoms with Gasteiger partial charge in [-0.3, -0.25) is 4.79 Å². The van der Waals surface area contributed by atoms with Crippen LogP contribution in [0.1, 0.15) is 5.56 Å². The molecule has 0 spiro atoms. The zero-order valence-corrected chi connectivity index (χ0v) is 13.9. The predicted octanol–water partition coefficient (Wildman–Crippen LogP) is 2.67.